The van der Waals surface area contributed by atoms with Crippen molar-refractivity contribution in [3.63, 3.8) is 0 Å². The summed E-state index contributed by atoms with van der Waals surface area (Å²) in [5.41, 5.74) is -0.592. The molecular formula is C36H49ClN2O10S. The van der Waals surface area contributed by atoms with Gasteiger partial charge in [0, 0.05) is 40.0 Å². The quantitative estimate of drug-likeness (QED) is 0.239. The number of esters is 2. The number of carbonyl (C=O) groups excluding carboxylic acids is 4. The van der Waals surface area contributed by atoms with Gasteiger partial charge in [-0.2, -0.15) is 12.6 Å². The number of allylic oxidation sites excluding steroid dienone is 3. The molecule has 0 aliphatic carbocycles. The standard InChI is InChI=1S/C36H49ClN2O10S/c1-20-10-9-11-27(46-8)36(44)18-26(47-31(42)19-36)21(2)33-35(4,49-33)28(48-34(43)22(3)38(5)29(40)12-13-50)17-30(41)39(6)24-15-23(14-20)16-25(45-7)32(24)37/h9-11,15-16,21-22,26-28,33,44,50H,12-14,17-19H2,1-8H3/b11-9-,20-10+/t21-,22+,26+,27+,28+,33+,35+,36-/m1/s1. The average Bonchev–Trinajstić information content (AvgIpc) is 3.76. The minimum Gasteiger partial charge on any atom is -0.495 e. The van der Waals surface area contributed by atoms with Crippen molar-refractivity contribution in [3.05, 3.63) is 46.5 Å². The molecule has 14 heteroatoms. The molecule has 0 spiro atoms. The van der Waals surface area contributed by atoms with Crippen molar-refractivity contribution in [2.45, 2.75) is 101 Å². The zero-order valence-electron chi connectivity index (χ0n) is 29.9. The number of thiol groups is 1. The van der Waals surface area contributed by atoms with Crippen molar-refractivity contribution in [2.24, 2.45) is 5.92 Å². The maximum atomic E-state index is 14.0. The van der Waals surface area contributed by atoms with E-state index in [0.717, 1.165) is 11.1 Å². The molecule has 0 radical (unpaired) electrons. The Morgan fingerprint density at radius 1 is 1.26 bits per heavy atom. The maximum Gasteiger partial charge on any atom is 0.328 e. The molecule has 276 valence electrons. The summed E-state index contributed by atoms with van der Waals surface area (Å²) in [4.78, 5) is 55.7. The van der Waals surface area contributed by atoms with Crippen LogP contribution in [0.2, 0.25) is 5.02 Å². The first-order chi connectivity index (χ1) is 23.5. The van der Waals surface area contributed by atoms with E-state index in [1.165, 1.54) is 31.1 Å². The number of rotatable bonds is 7. The highest BCUT2D eigenvalue weighted by atomic mass is 35.5. The number of hydrogen-bond donors (Lipinski definition) is 2. The van der Waals surface area contributed by atoms with Crippen LogP contribution in [0.5, 0.6) is 5.75 Å². The molecule has 2 amide bonds. The number of aliphatic hydroxyl groups is 1. The van der Waals surface area contributed by atoms with Gasteiger partial charge in [-0.3, -0.25) is 14.4 Å². The second-order valence-corrected chi connectivity index (χ2v) is 14.5. The summed E-state index contributed by atoms with van der Waals surface area (Å²) in [7, 11) is 6.04. The Kier molecular flexibility index (Phi) is 12.7. The van der Waals surface area contributed by atoms with Gasteiger partial charge in [0.15, 0.2) is 0 Å². The van der Waals surface area contributed by atoms with E-state index in [-0.39, 0.29) is 36.6 Å². The molecule has 2 saturated heterocycles. The van der Waals surface area contributed by atoms with E-state index in [4.69, 9.17) is 35.3 Å². The fourth-order valence-corrected chi connectivity index (χ4v) is 7.25. The van der Waals surface area contributed by atoms with Gasteiger partial charge in [-0.15, -0.1) is 0 Å². The molecule has 8 atom stereocenters. The number of benzene rings is 1. The fourth-order valence-electron chi connectivity index (χ4n) is 6.74. The zero-order chi connectivity index (χ0) is 37.1. The highest BCUT2D eigenvalue weighted by Crippen LogP contribution is 2.50. The zero-order valence-corrected chi connectivity index (χ0v) is 31.6. The lowest BCUT2D eigenvalue weighted by molar-refractivity contribution is -0.187. The van der Waals surface area contributed by atoms with Crippen molar-refractivity contribution in [3.8, 4) is 5.75 Å². The van der Waals surface area contributed by atoms with Gasteiger partial charge in [0.1, 0.15) is 46.3 Å². The molecule has 12 nitrogen and oxygen atoms in total. The number of carbonyl (C=O) groups is 4. The van der Waals surface area contributed by atoms with Crippen LogP contribution < -0.4 is 9.64 Å². The number of fused-ring (bicyclic) bond motifs is 5. The molecule has 0 unspecified atom stereocenters. The largest absolute Gasteiger partial charge is 0.495 e. The van der Waals surface area contributed by atoms with E-state index in [0.29, 0.717) is 23.6 Å². The van der Waals surface area contributed by atoms with E-state index in [1.54, 1.807) is 45.2 Å². The smallest absolute Gasteiger partial charge is 0.328 e. The molecule has 4 bridgehead atoms. The fraction of sp³-hybridized carbons (Fsp3) is 0.611. The highest BCUT2D eigenvalue weighted by molar-refractivity contribution is 7.80. The SMILES string of the molecule is COc1cc2cc(c1Cl)N(C)C(=O)C[C@H](OC(=O)[C@H](C)N(C)C(=O)CCS)[C@]1(C)O[C@H]1[C@H](C)[C@@H]1C[C@@](O)(CC(=O)O1)[C@@H](OC)/C=C\C=C(/C)C2. The Balaban J connectivity index is 1.78. The molecule has 4 rings (SSSR count). The predicted octanol–water partition coefficient (Wildman–Crippen LogP) is 4.08. The third-order valence-electron chi connectivity index (χ3n) is 10.1. The second kappa shape index (κ2) is 16.1. The van der Waals surface area contributed by atoms with E-state index in [2.05, 4.69) is 12.6 Å². The molecular weight excluding hydrogens is 688 g/mol. The van der Waals surface area contributed by atoms with Crippen LogP contribution in [0.3, 0.4) is 0 Å². The predicted molar refractivity (Wildman–Crippen MR) is 191 cm³/mol. The van der Waals surface area contributed by atoms with E-state index in [9.17, 15) is 24.3 Å². The van der Waals surface area contributed by atoms with Crippen molar-refractivity contribution in [1.82, 2.24) is 4.90 Å². The maximum absolute atomic E-state index is 14.0. The van der Waals surface area contributed by atoms with Crippen LogP contribution in [-0.2, 0) is 44.5 Å². The molecule has 1 aromatic carbocycles. The first kappa shape index (κ1) is 39.7. The highest BCUT2D eigenvalue weighted by Gasteiger charge is 2.64. The molecule has 3 aliphatic heterocycles. The molecule has 2 fully saturated rings. The summed E-state index contributed by atoms with van der Waals surface area (Å²) in [6, 6.07) is 2.63. The van der Waals surface area contributed by atoms with Gasteiger partial charge in [0.25, 0.3) is 0 Å². The lowest BCUT2D eigenvalue weighted by Gasteiger charge is -2.41. The molecule has 3 aliphatic rings. The number of amides is 2. The third kappa shape index (κ3) is 8.50. The van der Waals surface area contributed by atoms with Gasteiger partial charge in [0.2, 0.25) is 11.8 Å². The van der Waals surface area contributed by atoms with Crippen molar-refractivity contribution < 1.29 is 48.0 Å². The molecule has 50 heavy (non-hydrogen) atoms. The van der Waals surface area contributed by atoms with Crippen LogP contribution in [0.25, 0.3) is 0 Å². The monoisotopic (exact) mass is 736 g/mol. The Bertz CT molecular complexity index is 1540. The Morgan fingerprint density at radius 2 is 1.96 bits per heavy atom. The van der Waals surface area contributed by atoms with Gasteiger partial charge < -0.3 is 38.6 Å². The molecule has 1 aromatic rings. The van der Waals surface area contributed by atoms with Crippen LogP contribution in [0.15, 0.2) is 35.9 Å². The summed E-state index contributed by atoms with van der Waals surface area (Å²) in [6.07, 6.45) is 2.14. The molecule has 1 N–H and O–H groups in total. The van der Waals surface area contributed by atoms with Crippen LogP contribution in [0, 0.1) is 5.92 Å². The van der Waals surface area contributed by atoms with Gasteiger partial charge in [0.05, 0.1) is 31.7 Å². The van der Waals surface area contributed by atoms with E-state index in [1.807, 2.05) is 19.9 Å². The number of epoxide rings is 1. The first-order valence-corrected chi connectivity index (χ1v) is 17.7. The lowest BCUT2D eigenvalue weighted by atomic mass is 9.78. The van der Waals surface area contributed by atoms with Gasteiger partial charge in [-0.1, -0.05) is 42.3 Å². The van der Waals surface area contributed by atoms with Crippen LogP contribution >= 0.6 is 24.2 Å². The summed E-state index contributed by atoms with van der Waals surface area (Å²) < 4.78 is 29.3. The molecule has 3 heterocycles. The average molecular weight is 737 g/mol. The number of halogens is 1. The number of likely N-dealkylation sites (N-methyl/N-ethyl adjacent to an activating group) is 1. The first-order valence-electron chi connectivity index (χ1n) is 16.7. The normalized spacial score (nSPS) is 32.5. The number of nitrogens with zero attached hydrogens (tertiary/aromatic N) is 2. The topological polar surface area (TPSA) is 144 Å². The van der Waals surface area contributed by atoms with Crippen molar-refractivity contribution in [2.75, 3.05) is 39.0 Å². The summed E-state index contributed by atoms with van der Waals surface area (Å²) in [6.45, 7) is 7.03. The van der Waals surface area contributed by atoms with Gasteiger partial charge >= 0.3 is 11.9 Å². The third-order valence-corrected chi connectivity index (χ3v) is 10.7. The number of methoxy groups -OCH3 is 2. The van der Waals surface area contributed by atoms with E-state index >= 15 is 0 Å². The molecule has 0 aromatic heterocycles. The van der Waals surface area contributed by atoms with E-state index < -0.39 is 65.4 Å². The Labute approximate surface area is 304 Å². The summed E-state index contributed by atoms with van der Waals surface area (Å²) in [5, 5.41) is 12.0. The summed E-state index contributed by atoms with van der Waals surface area (Å²) >= 11 is 10.9. The minimum atomic E-state index is -1.57. The summed E-state index contributed by atoms with van der Waals surface area (Å²) in [5.74, 6) is -1.81. The van der Waals surface area contributed by atoms with Crippen LogP contribution in [0.4, 0.5) is 5.69 Å². The molecule has 0 saturated carbocycles. The number of ether oxygens (including phenoxy) is 5. The lowest BCUT2D eigenvalue weighted by Crippen LogP contribution is -2.53. The van der Waals surface area contributed by atoms with Crippen molar-refractivity contribution in [1.29, 1.82) is 0 Å². The van der Waals surface area contributed by atoms with Crippen LogP contribution in [0.1, 0.15) is 58.9 Å². The van der Waals surface area contributed by atoms with Crippen LogP contribution in [-0.4, -0.2) is 109 Å². The van der Waals surface area contributed by atoms with Gasteiger partial charge in [-0.05, 0) is 50.6 Å². The Hall–Kier alpha value is -3.10. The van der Waals surface area contributed by atoms with Gasteiger partial charge in [-0.25, -0.2) is 4.79 Å². The van der Waals surface area contributed by atoms with Crippen molar-refractivity contribution >= 4 is 53.7 Å². The number of anilines is 1. The number of hydrogen-bond acceptors (Lipinski definition) is 11. The minimum absolute atomic E-state index is 0.0622. The Morgan fingerprint density at radius 3 is 2.60 bits per heavy atom. The second-order valence-electron chi connectivity index (χ2n) is 13.7.